The van der Waals surface area contributed by atoms with E-state index in [1.54, 1.807) is 24.3 Å². The first-order valence-electron chi connectivity index (χ1n) is 5.85. The van der Waals surface area contributed by atoms with E-state index >= 15 is 0 Å². The van der Waals surface area contributed by atoms with E-state index in [1.807, 2.05) is 18.2 Å². The highest BCUT2D eigenvalue weighted by Crippen LogP contribution is 2.27. The molecule has 104 valence electrons. The van der Waals surface area contributed by atoms with E-state index in [0.29, 0.717) is 27.1 Å². The van der Waals surface area contributed by atoms with E-state index < -0.39 is 0 Å². The fourth-order valence-electron chi connectivity index (χ4n) is 1.68. The third-order valence-corrected chi connectivity index (χ3v) is 4.09. The zero-order valence-electron chi connectivity index (χ0n) is 10.7. The monoisotopic (exact) mass is 326 g/mol. The molecule has 5 heteroatoms. The normalized spacial score (nSPS) is 10.3. The SMILES string of the molecule is COc1ccc(Cl)cc1C(=O)CSc1cccc(Cl)c1. The molecule has 0 amide bonds. The Hall–Kier alpha value is -1.16. The van der Waals surface area contributed by atoms with Crippen molar-refractivity contribution < 1.29 is 9.53 Å². The van der Waals surface area contributed by atoms with Gasteiger partial charge >= 0.3 is 0 Å². The van der Waals surface area contributed by atoms with Gasteiger partial charge in [-0.15, -0.1) is 11.8 Å². The van der Waals surface area contributed by atoms with Crippen molar-refractivity contribution in [3.8, 4) is 5.75 Å². The molecule has 2 aromatic carbocycles. The largest absolute Gasteiger partial charge is 0.496 e. The van der Waals surface area contributed by atoms with Gasteiger partial charge in [0.15, 0.2) is 5.78 Å². The number of Topliss-reactive ketones (excluding diaryl/α,β-unsaturated/α-hetero) is 1. The lowest BCUT2D eigenvalue weighted by Gasteiger charge is -2.08. The summed E-state index contributed by atoms with van der Waals surface area (Å²) in [5.41, 5.74) is 0.495. The van der Waals surface area contributed by atoms with Gasteiger partial charge in [-0.05, 0) is 36.4 Å². The lowest BCUT2D eigenvalue weighted by molar-refractivity contribution is 0.101. The van der Waals surface area contributed by atoms with E-state index in [-0.39, 0.29) is 5.78 Å². The summed E-state index contributed by atoms with van der Waals surface area (Å²) >= 11 is 13.3. The minimum Gasteiger partial charge on any atom is -0.496 e. The Morgan fingerprint density at radius 3 is 2.60 bits per heavy atom. The van der Waals surface area contributed by atoms with Gasteiger partial charge < -0.3 is 4.74 Å². The van der Waals surface area contributed by atoms with Crippen LogP contribution in [0.1, 0.15) is 10.4 Å². The molecule has 0 aromatic heterocycles. The lowest BCUT2D eigenvalue weighted by Crippen LogP contribution is -2.05. The maximum Gasteiger partial charge on any atom is 0.176 e. The van der Waals surface area contributed by atoms with Gasteiger partial charge in [0.05, 0.1) is 18.4 Å². The van der Waals surface area contributed by atoms with Gasteiger partial charge in [0.25, 0.3) is 0 Å². The highest BCUT2D eigenvalue weighted by molar-refractivity contribution is 8.00. The molecule has 0 aliphatic heterocycles. The molecular weight excluding hydrogens is 315 g/mol. The predicted octanol–water partition coefficient (Wildman–Crippen LogP) is 4.98. The zero-order valence-corrected chi connectivity index (χ0v) is 13.1. The average Bonchev–Trinajstić information content (AvgIpc) is 2.45. The van der Waals surface area contributed by atoms with Crippen LogP contribution in [0.4, 0.5) is 0 Å². The van der Waals surface area contributed by atoms with Gasteiger partial charge in [0, 0.05) is 14.9 Å². The van der Waals surface area contributed by atoms with Crippen LogP contribution in [-0.4, -0.2) is 18.6 Å². The van der Waals surface area contributed by atoms with Gasteiger partial charge in [-0.3, -0.25) is 4.79 Å². The molecule has 0 saturated heterocycles. The maximum atomic E-state index is 12.2. The van der Waals surface area contributed by atoms with Crippen LogP contribution in [0.3, 0.4) is 0 Å². The summed E-state index contributed by atoms with van der Waals surface area (Å²) in [6.45, 7) is 0. The Bertz CT molecular complexity index is 629. The smallest absolute Gasteiger partial charge is 0.176 e. The Labute approximate surface area is 132 Å². The van der Waals surface area contributed by atoms with Crippen molar-refractivity contribution in [3.63, 3.8) is 0 Å². The third kappa shape index (κ3) is 3.92. The summed E-state index contributed by atoms with van der Waals surface area (Å²) in [5, 5.41) is 1.17. The molecule has 0 fully saturated rings. The minimum atomic E-state index is -0.0330. The van der Waals surface area contributed by atoms with Crippen molar-refractivity contribution in [1.82, 2.24) is 0 Å². The number of hydrogen-bond donors (Lipinski definition) is 0. The van der Waals surface area contributed by atoms with Crippen LogP contribution in [0.25, 0.3) is 0 Å². The van der Waals surface area contributed by atoms with Crippen LogP contribution in [0.5, 0.6) is 5.75 Å². The highest BCUT2D eigenvalue weighted by atomic mass is 35.5. The number of rotatable bonds is 5. The molecule has 0 atom stereocenters. The van der Waals surface area contributed by atoms with Crippen LogP contribution < -0.4 is 4.74 Å². The maximum absolute atomic E-state index is 12.2. The quantitative estimate of drug-likeness (QED) is 0.572. The number of carbonyl (C=O) groups excluding carboxylic acids is 1. The highest BCUT2D eigenvalue weighted by Gasteiger charge is 2.13. The second-order valence-electron chi connectivity index (χ2n) is 4.01. The van der Waals surface area contributed by atoms with Crippen LogP contribution in [0, 0.1) is 0 Å². The van der Waals surface area contributed by atoms with E-state index in [0.717, 1.165) is 4.90 Å². The van der Waals surface area contributed by atoms with Crippen LogP contribution in [0.2, 0.25) is 10.0 Å². The van der Waals surface area contributed by atoms with Crippen molar-refractivity contribution >= 4 is 40.7 Å². The van der Waals surface area contributed by atoms with E-state index in [1.165, 1.54) is 18.9 Å². The topological polar surface area (TPSA) is 26.3 Å². The Kier molecular flexibility index (Phi) is 5.35. The molecule has 0 radical (unpaired) electrons. The standard InChI is InChI=1S/C15H12Cl2O2S/c1-19-15-6-5-11(17)8-13(15)14(18)9-20-12-4-2-3-10(16)7-12/h2-8H,9H2,1H3. The number of methoxy groups -OCH3 is 1. The molecule has 0 bridgehead atoms. The Morgan fingerprint density at radius 2 is 1.90 bits per heavy atom. The number of benzene rings is 2. The van der Waals surface area contributed by atoms with Crippen molar-refractivity contribution in [2.45, 2.75) is 4.90 Å². The van der Waals surface area contributed by atoms with Crippen molar-refractivity contribution in [1.29, 1.82) is 0 Å². The second kappa shape index (κ2) is 7.02. The van der Waals surface area contributed by atoms with Gasteiger partial charge in [-0.2, -0.15) is 0 Å². The average molecular weight is 327 g/mol. The van der Waals surface area contributed by atoms with E-state index in [4.69, 9.17) is 27.9 Å². The molecule has 2 aromatic rings. The number of ketones is 1. The van der Waals surface area contributed by atoms with Gasteiger partial charge in [-0.25, -0.2) is 0 Å². The molecule has 0 aliphatic rings. The van der Waals surface area contributed by atoms with Crippen molar-refractivity contribution in [2.24, 2.45) is 0 Å². The van der Waals surface area contributed by atoms with Crippen LogP contribution >= 0.6 is 35.0 Å². The molecule has 20 heavy (non-hydrogen) atoms. The van der Waals surface area contributed by atoms with E-state index in [9.17, 15) is 4.79 Å². The lowest BCUT2D eigenvalue weighted by atomic mass is 10.1. The zero-order chi connectivity index (χ0) is 14.5. The summed E-state index contributed by atoms with van der Waals surface area (Å²) in [6, 6.07) is 12.4. The summed E-state index contributed by atoms with van der Waals surface area (Å²) in [7, 11) is 1.53. The van der Waals surface area contributed by atoms with Gasteiger partial charge in [-0.1, -0.05) is 29.3 Å². The predicted molar refractivity (Wildman–Crippen MR) is 84.5 cm³/mol. The molecule has 0 aliphatic carbocycles. The fourth-order valence-corrected chi connectivity index (χ4v) is 2.95. The molecule has 2 nitrogen and oxygen atoms in total. The van der Waals surface area contributed by atoms with Gasteiger partial charge in [0.2, 0.25) is 0 Å². The first-order chi connectivity index (χ1) is 9.60. The molecule has 0 heterocycles. The van der Waals surface area contributed by atoms with Crippen molar-refractivity contribution in [2.75, 3.05) is 12.9 Å². The van der Waals surface area contributed by atoms with Crippen LogP contribution in [-0.2, 0) is 0 Å². The third-order valence-electron chi connectivity index (χ3n) is 2.63. The fraction of sp³-hybridized carbons (Fsp3) is 0.133. The second-order valence-corrected chi connectivity index (χ2v) is 5.94. The number of ether oxygens (including phenoxy) is 1. The van der Waals surface area contributed by atoms with Crippen LogP contribution in [0.15, 0.2) is 47.4 Å². The van der Waals surface area contributed by atoms with Crippen molar-refractivity contribution in [3.05, 3.63) is 58.1 Å². The van der Waals surface area contributed by atoms with Gasteiger partial charge in [0.1, 0.15) is 5.75 Å². The number of halogens is 2. The minimum absolute atomic E-state index is 0.0330. The molecular formula is C15H12Cl2O2S. The number of hydrogen-bond acceptors (Lipinski definition) is 3. The first-order valence-corrected chi connectivity index (χ1v) is 7.59. The van der Waals surface area contributed by atoms with E-state index in [2.05, 4.69) is 0 Å². The molecule has 2 rings (SSSR count). The molecule has 0 N–H and O–H groups in total. The first kappa shape index (κ1) is 15.2. The summed E-state index contributed by atoms with van der Waals surface area (Å²) in [5.74, 6) is 0.803. The Morgan fingerprint density at radius 1 is 1.15 bits per heavy atom. The molecule has 0 spiro atoms. The molecule has 0 unspecified atom stereocenters. The summed E-state index contributed by atoms with van der Waals surface area (Å²) in [4.78, 5) is 13.2. The Balaban J connectivity index is 2.10. The molecule has 0 saturated carbocycles. The summed E-state index contributed by atoms with van der Waals surface area (Å²) < 4.78 is 5.18. The number of carbonyl (C=O) groups is 1. The summed E-state index contributed by atoms with van der Waals surface area (Å²) in [6.07, 6.45) is 0. The number of thioether (sulfide) groups is 1.